The molecule has 0 saturated carbocycles. The normalized spacial score (nSPS) is 8.69. The summed E-state index contributed by atoms with van der Waals surface area (Å²) in [4.78, 5) is 40.9. The van der Waals surface area contributed by atoms with Gasteiger partial charge in [-0.05, 0) is 0 Å². The van der Waals surface area contributed by atoms with Crippen LogP contribution in [0.5, 0.6) is 0 Å². The van der Waals surface area contributed by atoms with Crippen molar-refractivity contribution in [2.75, 3.05) is 0 Å². The van der Waals surface area contributed by atoms with Crippen LogP contribution in [0.4, 0.5) is 0 Å². The van der Waals surface area contributed by atoms with Crippen molar-refractivity contribution in [2.24, 2.45) is 0 Å². The Kier molecular flexibility index (Phi) is 5.09. The van der Waals surface area contributed by atoms with Gasteiger partial charge in [-0.25, -0.2) is 0 Å². The molecular formula is C7H8O6. The van der Waals surface area contributed by atoms with E-state index < -0.39 is 17.9 Å². The van der Waals surface area contributed by atoms with E-state index in [1.807, 2.05) is 0 Å². The van der Waals surface area contributed by atoms with Crippen LogP contribution in [0.1, 0.15) is 19.8 Å². The number of rotatable bonds is 4. The molecule has 0 bridgehead atoms. The van der Waals surface area contributed by atoms with Crippen molar-refractivity contribution in [1.82, 2.24) is 0 Å². The molecule has 0 heterocycles. The fraction of sp³-hybridized carbons (Fsp3) is 0.429. The lowest BCUT2D eigenvalue weighted by Crippen LogP contribution is -2.12. The number of hydrogen-bond acceptors (Lipinski definition) is 6. The fourth-order valence-electron chi connectivity index (χ4n) is 0.528. The summed E-state index contributed by atoms with van der Waals surface area (Å²) in [6.45, 7) is 1.04. The largest absolute Gasteiger partial charge is 0.395 e. The average Bonchev–Trinajstić information content (AvgIpc) is 2.00. The summed E-state index contributed by atoms with van der Waals surface area (Å²) < 4.78 is 7.99. The van der Waals surface area contributed by atoms with Crippen molar-refractivity contribution < 1.29 is 28.7 Å². The molecule has 0 aliphatic carbocycles. The third-order valence-corrected chi connectivity index (χ3v) is 0.970. The second-order valence-electron chi connectivity index (χ2n) is 2.05. The van der Waals surface area contributed by atoms with E-state index in [1.165, 1.54) is 0 Å². The van der Waals surface area contributed by atoms with Gasteiger partial charge in [0.1, 0.15) is 0 Å². The lowest BCUT2D eigenvalue weighted by atomic mass is 10.3. The number of carbonyl (C=O) groups excluding carboxylic acids is 4. The number of hydrogen-bond donors (Lipinski definition) is 0. The Morgan fingerprint density at radius 2 is 1.69 bits per heavy atom. The predicted octanol–water partition coefficient (Wildman–Crippen LogP) is -0.444. The molecule has 0 radical (unpaired) electrons. The highest BCUT2D eigenvalue weighted by Gasteiger charge is 2.10. The van der Waals surface area contributed by atoms with E-state index in [9.17, 15) is 19.2 Å². The molecule has 0 spiro atoms. The van der Waals surface area contributed by atoms with Gasteiger partial charge < -0.3 is 9.47 Å². The number of ether oxygens (including phenoxy) is 2. The zero-order valence-corrected chi connectivity index (χ0v) is 6.94. The molecule has 72 valence electrons. The molecular weight excluding hydrogens is 180 g/mol. The second kappa shape index (κ2) is 5.87. The molecule has 0 saturated heterocycles. The molecule has 0 aromatic heterocycles. The van der Waals surface area contributed by atoms with Gasteiger partial charge in [-0.15, -0.1) is 0 Å². The first kappa shape index (κ1) is 11.3. The molecule has 0 aromatic rings. The van der Waals surface area contributed by atoms with Crippen molar-refractivity contribution in [1.29, 1.82) is 0 Å². The highest BCUT2D eigenvalue weighted by atomic mass is 16.6. The smallest absolute Gasteiger partial charge is 0.314 e. The lowest BCUT2D eigenvalue weighted by Gasteiger charge is -1.97. The van der Waals surface area contributed by atoms with Crippen LogP contribution in [0, 0.1) is 0 Å². The maximum Gasteiger partial charge on any atom is 0.314 e. The summed E-state index contributed by atoms with van der Waals surface area (Å²) in [6.07, 6.45) is -0.572. The maximum absolute atomic E-state index is 10.6. The molecule has 0 unspecified atom stereocenters. The first-order valence-corrected chi connectivity index (χ1v) is 3.40. The molecule has 0 aliphatic rings. The molecule has 0 fully saturated rings. The highest BCUT2D eigenvalue weighted by molar-refractivity contribution is 5.86. The average molecular weight is 188 g/mol. The Hall–Kier alpha value is -1.72. The summed E-state index contributed by atoms with van der Waals surface area (Å²) >= 11 is 0. The van der Waals surface area contributed by atoms with Crippen molar-refractivity contribution in [3.05, 3.63) is 0 Å². The summed E-state index contributed by atoms with van der Waals surface area (Å²) in [5.41, 5.74) is 0. The first-order valence-electron chi connectivity index (χ1n) is 3.40. The molecule has 0 aromatic carbocycles. The number of carbonyl (C=O) groups is 4. The Morgan fingerprint density at radius 1 is 1.15 bits per heavy atom. The number of esters is 3. The minimum atomic E-state index is -0.837. The topological polar surface area (TPSA) is 86.7 Å². The van der Waals surface area contributed by atoms with E-state index in [2.05, 4.69) is 9.47 Å². The SMILES string of the molecule is CC(=O)OC(=O)CCC(=O)OC=O. The summed E-state index contributed by atoms with van der Waals surface area (Å²) in [5, 5.41) is 0. The van der Waals surface area contributed by atoms with Crippen LogP contribution in [-0.4, -0.2) is 24.4 Å². The van der Waals surface area contributed by atoms with Crippen molar-refractivity contribution in [3.63, 3.8) is 0 Å². The minimum absolute atomic E-state index is 0.0291. The van der Waals surface area contributed by atoms with E-state index in [4.69, 9.17) is 0 Å². The van der Waals surface area contributed by atoms with Crippen LogP contribution in [0.25, 0.3) is 0 Å². The third kappa shape index (κ3) is 6.67. The van der Waals surface area contributed by atoms with Crippen molar-refractivity contribution >= 4 is 24.4 Å². The Balaban J connectivity index is 3.63. The van der Waals surface area contributed by atoms with E-state index >= 15 is 0 Å². The quantitative estimate of drug-likeness (QED) is 0.337. The van der Waals surface area contributed by atoms with Gasteiger partial charge in [0.2, 0.25) is 0 Å². The molecule has 0 aliphatic heterocycles. The van der Waals surface area contributed by atoms with Gasteiger partial charge in [0.15, 0.2) is 0 Å². The van der Waals surface area contributed by atoms with Gasteiger partial charge in [0.25, 0.3) is 0 Å². The summed E-state index contributed by atoms with van der Waals surface area (Å²) in [7, 11) is 0. The van der Waals surface area contributed by atoms with Crippen LogP contribution < -0.4 is 0 Å². The monoisotopic (exact) mass is 188 g/mol. The molecule has 0 atom stereocenters. The van der Waals surface area contributed by atoms with Crippen molar-refractivity contribution in [2.45, 2.75) is 19.8 Å². The first-order chi connectivity index (χ1) is 6.06. The van der Waals surface area contributed by atoms with Gasteiger partial charge in [-0.2, -0.15) is 0 Å². The van der Waals surface area contributed by atoms with Crippen LogP contribution in [0.3, 0.4) is 0 Å². The Labute approximate surface area is 73.8 Å². The van der Waals surface area contributed by atoms with E-state index in [0.717, 1.165) is 6.92 Å². The molecule has 0 rings (SSSR count). The minimum Gasteiger partial charge on any atom is -0.395 e. The Morgan fingerprint density at radius 3 is 2.15 bits per heavy atom. The van der Waals surface area contributed by atoms with Crippen molar-refractivity contribution in [3.8, 4) is 0 Å². The third-order valence-electron chi connectivity index (χ3n) is 0.970. The lowest BCUT2D eigenvalue weighted by molar-refractivity contribution is -0.161. The van der Waals surface area contributed by atoms with E-state index in [1.54, 1.807) is 0 Å². The van der Waals surface area contributed by atoms with Gasteiger partial charge in [0.05, 0.1) is 12.8 Å². The molecule has 6 heteroatoms. The van der Waals surface area contributed by atoms with Crippen LogP contribution in [0.15, 0.2) is 0 Å². The standard InChI is InChI=1S/C7H8O6/c1-5(9)13-7(11)3-2-6(10)12-4-8/h4H,2-3H2,1H3. The van der Waals surface area contributed by atoms with Gasteiger partial charge in [0, 0.05) is 6.92 Å². The fourth-order valence-corrected chi connectivity index (χ4v) is 0.528. The van der Waals surface area contributed by atoms with E-state index in [-0.39, 0.29) is 19.3 Å². The molecule has 6 nitrogen and oxygen atoms in total. The van der Waals surface area contributed by atoms with Gasteiger partial charge >= 0.3 is 24.4 Å². The second-order valence-corrected chi connectivity index (χ2v) is 2.05. The molecule has 13 heavy (non-hydrogen) atoms. The highest BCUT2D eigenvalue weighted by Crippen LogP contribution is 1.95. The van der Waals surface area contributed by atoms with Gasteiger partial charge in [-0.1, -0.05) is 0 Å². The molecule has 0 amide bonds. The molecule has 0 N–H and O–H groups in total. The maximum atomic E-state index is 10.6. The zero-order valence-electron chi connectivity index (χ0n) is 6.94. The zero-order chi connectivity index (χ0) is 10.3. The summed E-state index contributed by atoms with van der Waals surface area (Å²) in [6, 6.07) is 0. The van der Waals surface area contributed by atoms with Gasteiger partial charge in [-0.3, -0.25) is 19.2 Å². The van der Waals surface area contributed by atoms with Crippen LogP contribution in [-0.2, 0) is 28.7 Å². The summed E-state index contributed by atoms with van der Waals surface area (Å²) in [5.74, 6) is -2.40. The predicted molar refractivity (Wildman–Crippen MR) is 38.2 cm³/mol. The Bertz CT molecular complexity index is 231. The van der Waals surface area contributed by atoms with E-state index in [0.29, 0.717) is 0 Å². The van der Waals surface area contributed by atoms with Crippen LogP contribution in [0.2, 0.25) is 0 Å². The van der Waals surface area contributed by atoms with Crippen LogP contribution >= 0.6 is 0 Å².